The summed E-state index contributed by atoms with van der Waals surface area (Å²) in [5.74, 6) is -0.273. The standard InChI is InChI=1S/C13H17FN2O/c1-10-4-2-3-7-16(10)13-6-5-11(15-9-17)8-12(13)14/h5-6,8-10H,2-4,7H2,1H3,(H,15,17). The first-order chi connectivity index (χ1) is 8.22. The van der Waals surface area contributed by atoms with Crippen molar-refractivity contribution >= 4 is 17.8 Å². The van der Waals surface area contributed by atoms with Gasteiger partial charge in [0.05, 0.1) is 5.69 Å². The number of hydrogen-bond acceptors (Lipinski definition) is 2. The van der Waals surface area contributed by atoms with Crippen molar-refractivity contribution in [2.24, 2.45) is 0 Å². The molecule has 1 aromatic rings. The van der Waals surface area contributed by atoms with Crippen LogP contribution in [-0.4, -0.2) is 19.0 Å². The Bertz CT molecular complexity index is 408. The fraction of sp³-hybridized carbons (Fsp3) is 0.462. The van der Waals surface area contributed by atoms with Crippen molar-refractivity contribution in [3.8, 4) is 0 Å². The molecule has 0 aromatic heterocycles. The zero-order valence-electron chi connectivity index (χ0n) is 9.95. The number of amides is 1. The van der Waals surface area contributed by atoms with Crippen LogP contribution in [0.5, 0.6) is 0 Å². The topological polar surface area (TPSA) is 32.3 Å². The van der Waals surface area contributed by atoms with Crippen LogP contribution in [-0.2, 0) is 4.79 Å². The highest BCUT2D eigenvalue weighted by atomic mass is 19.1. The number of anilines is 2. The molecule has 1 heterocycles. The van der Waals surface area contributed by atoms with E-state index in [9.17, 15) is 9.18 Å². The van der Waals surface area contributed by atoms with Crippen LogP contribution in [0.4, 0.5) is 15.8 Å². The van der Waals surface area contributed by atoms with Gasteiger partial charge in [-0.15, -0.1) is 0 Å². The van der Waals surface area contributed by atoms with E-state index in [4.69, 9.17) is 0 Å². The normalized spacial score (nSPS) is 20.1. The Morgan fingerprint density at radius 1 is 1.47 bits per heavy atom. The van der Waals surface area contributed by atoms with Crippen molar-refractivity contribution in [1.82, 2.24) is 0 Å². The second kappa shape index (κ2) is 5.17. The van der Waals surface area contributed by atoms with E-state index in [1.807, 2.05) is 0 Å². The molecule has 4 heteroatoms. The number of carbonyl (C=O) groups excluding carboxylic acids is 1. The first-order valence-electron chi connectivity index (χ1n) is 5.99. The van der Waals surface area contributed by atoms with Crippen molar-refractivity contribution in [1.29, 1.82) is 0 Å². The van der Waals surface area contributed by atoms with Crippen molar-refractivity contribution < 1.29 is 9.18 Å². The Balaban J connectivity index is 2.22. The van der Waals surface area contributed by atoms with E-state index in [0.717, 1.165) is 19.4 Å². The summed E-state index contributed by atoms with van der Waals surface area (Å²) in [6, 6.07) is 5.21. The van der Waals surface area contributed by atoms with Crippen molar-refractivity contribution in [2.45, 2.75) is 32.2 Å². The van der Waals surface area contributed by atoms with Gasteiger partial charge in [-0.1, -0.05) is 0 Å². The number of benzene rings is 1. The van der Waals surface area contributed by atoms with Crippen LogP contribution in [0.1, 0.15) is 26.2 Å². The summed E-state index contributed by atoms with van der Waals surface area (Å²) < 4.78 is 13.9. The molecule has 1 saturated heterocycles. The Labute approximate surface area is 101 Å². The van der Waals surface area contributed by atoms with Crippen LogP contribution >= 0.6 is 0 Å². The van der Waals surface area contributed by atoms with Gasteiger partial charge in [0.25, 0.3) is 0 Å². The van der Waals surface area contributed by atoms with Gasteiger partial charge in [-0.05, 0) is 44.4 Å². The lowest BCUT2D eigenvalue weighted by molar-refractivity contribution is -0.105. The molecule has 1 N–H and O–H groups in total. The minimum Gasteiger partial charge on any atom is -0.366 e. The highest BCUT2D eigenvalue weighted by Gasteiger charge is 2.21. The van der Waals surface area contributed by atoms with E-state index < -0.39 is 0 Å². The number of nitrogens with zero attached hydrogens (tertiary/aromatic N) is 1. The highest BCUT2D eigenvalue weighted by Crippen LogP contribution is 2.28. The molecule has 1 fully saturated rings. The third-order valence-electron chi connectivity index (χ3n) is 3.29. The summed E-state index contributed by atoms with van der Waals surface area (Å²) in [6.07, 6.45) is 3.98. The summed E-state index contributed by atoms with van der Waals surface area (Å²) in [7, 11) is 0. The maximum absolute atomic E-state index is 13.9. The number of piperidine rings is 1. The van der Waals surface area contributed by atoms with Crippen LogP contribution in [0, 0.1) is 5.82 Å². The number of carbonyl (C=O) groups is 1. The second-order valence-corrected chi connectivity index (χ2v) is 4.47. The summed E-state index contributed by atoms with van der Waals surface area (Å²) >= 11 is 0. The molecule has 0 radical (unpaired) electrons. The van der Waals surface area contributed by atoms with E-state index in [1.165, 1.54) is 12.5 Å². The first-order valence-corrected chi connectivity index (χ1v) is 5.99. The van der Waals surface area contributed by atoms with Gasteiger partial charge in [0, 0.05) is 18.3 Å². The molecular formula is C13H17FN2O. The average molecular weight is 236 g/mol. The molecule has 1 atom stereocenters. The largest absolute Gasteiger partial charge is 0.366 e. The number of rotatable bonds is 3. The minimum absolute atomic E-state index is 0.273. The molecule has 2 rings (SSSR count). The zero-order valence-corrected chi connectivity index (χ0v) is 9.95. The minimum atomic E-state index is -0.273. The lowest BCUT2D eigenvalue weighted by Crippen LogP contribution is -2.37. The lowest BCUT2D eigenvalue weighted by Gasteiger charge is -2.35. The first kappa shape index (κ1) is 11.9. The third-order valence-corrected chi connectivity index (χ3v) is 3.29. The Morgan fingerprint density at radius 3 is 2.94 bits per heavy atom. The molecule has 0 spiro atoms. The van der Waals surface area contributed by atoms with Gasteiger partial charge in [0.1, 0.15) is 5.82 Å². The van der Waals surface area contributed by atoms with Crippen LogP contribution in [0.2, 0.25) is 0 Å². The molecule has 92 valence electrons. The molecule has 1 aromatic carbocycles. The van der Waals surface area contributed by atoms with Crippen LogP contribution in [0.3, 0.4) is 0 Å². The molecule has 1 aliphatic heterocycles. The predicted octanol–water partition coefficient (Wildman–Crippen LogP) is 2.77. The second-order valence-electron chi connectivity index (χ2n) is 4.47. The fourth-order valence-corrected chi connectivity index (χ4v) is 2.35. The molecule has 0 saturated carbocycles. The Kier molecular flexibility index (Phi) is 3.61. The van der Waals surface area contributed by atoms with Gasteiger partial charge in [0.15, 0.2) is 0 Å². The highest BCUT2D eigenvalue weighted by molar-refractivity contribution is 5.72. The zero-order chi connectivity index (χ0) is 12.3. The summed E-state index contributed by atoms with van der Waals surface area (Å²) in [6.45, 7) is 3.02. The van der Waals surface area contributed by atoms with E-state index in [-0.39, 0.29) is 5.82 Å². The third kappa shape index (κ3) is 2.57. The molecule has 0 bridgehead atoms. The van der Waals surface area contributed by atoms with Crippen LogP contribution in [0.15, 0.2) is 18.2 Å². The molecule has 1 unspecified atom stereocenters. The van der Waals surface area contributed by atoms with E-state index in [1.54, 1.807) is 12.1 Å². The molecule has 3 nitrogen and oxygen atoms in total. The van der Waals surface area contributed by atoms with Crippen LogP contribution < -0.4 is 10.2 Å². The summed E-state index contributed by atoms with van der Waals surface area (Å²) in [5.41, 5.74) is 1.12. The Hall–Kier alpha value is -1.58. The monoisotopic (exact) mass is 236 g/mol. The van der Waals surface area contributed by atoms with Crippen molar-refractivity contribution in [2.75, 3.05) is 16.8 Å². The molecule has 1 aliphatic rings. The quantitative estimate of drug-likeness (QED) is 0.818. The van der Waals surface area contributed by atoms with Gasteiger partial charge in [0.2, 0.25) is 6.41 Å². The fourth-order valence-electron chi connectivity index (χ4n) is 2.35. The molecule has 17 heavy (non-hydrogen) atoms. The maximum Gasteiger partial charge on any atom is 0.211 e. The smallest absolute Gasteiger partial charge is 0.211 e. The van der Waals surface area contributed by atoms with E-state index in [2.05, 4.69) is 17.1 Å². The van der Waals surface area contributed by atoms with Gasteiger partial charge >= 0.3 is 0 Å². The number of hydrogen-bond donors (Lipinski definition) is 1. The van der Waals surface area contributed by atoms with E-state index in [0.29, 0.717) is 23.8 Å². The lowest BCUT2D eigenvalue weighted by atomic mass is 10.0. The van der Waals surface area contributed by atoms with Crippen molar-refractivity contribution in [3.05, 3.63) is 24.0 Å². The Morgan fingerprint density at radius 2 is 2.29 bits per heavy atom. The van der Waals surface area contributed by atoms with Crippen molar-refractivity contribution in [3.63, 3.8) is 0 Å². The molecule has 0 aliphatic carbocycles. The predicted molar refractivity (Wildman–Crippen MR) is 66.7 cm³/mol. The van der Waals surface area contributed by atoms with Crippen LogP contribution in [0.25, 0.3) is 0 Å². The van der Waals surface area contributed by atoms with E-state index >= 15 is 0 Å². The summed E-state index contributed by atoms with van der Waals surface area (Å²) in [4.78, 5) is 12.4. The molecule has 1 amide bonds. The average Bonchev–Trinajstić information content (AvgIpc) is 2.31. The summed E-state index contributed by atoms with van der Waals surface area (Å²) in [5, 5.41) is 2.45. The number of halogens is 1. The maximum atomic E-state index is 13.9. The van der Waals surface area contributed by atoms with Gasteiger partial charge in [-0.2, -0.15) is 0 Å². The van der Waals surface area contributed by atoms with Gasteiger partial charge in [-0.25, -0.2) is 4.39 Å². The molecular weight excluding hydrogens is 219 g/mol. The van der Waals surface area contributed by atoms with Gasteiger partial charge in [-0.3, -0.25) is 4.79 Å². The number of nitrogens with one attached hydrogen (secondary N) is 1. The van der Waals surface area contributed by atoms with Gasteiger partial charge < -0.3 is 10.2 Å². The SMILES string of the molecule is CC1CCCCN1c1ccc(NC=O)cc1F.